The molecule has 1 heterocycles. The Morgan fingerprint density at radius 3 is 2.90 bits per heavy atom. The van der Waals surface area contributed by atoms with Crippen LogP contribution >= 0.6 is 27.5 Å². The summed E-state index contributed by atoms with van der Waals surface area (Å²) in [5, 5.41) is 4.09. The highest BCUT2D eigenvalue weighted by atomic mass is 79.9. The SMILES string of the molecule is Clc1ccc(OCc2cccc(Br)c2)nc1CNC1CC1. The molecule has 0 radical (unpaired) electrons. The molecular weight excluding hydrogens is 352 g/mol. The Balaban J connectivity index is 1.63. The Bertz CT molecular complexity index is 631. The molecule has 0 amide bonds. The van der Waals surface area contributed by atoms with E-state index in [0.29, 0.717) is 30.1 Å². The zero-order valence-corrected chi connectivity index (χ0v) is 13.8. The molecule has 0 saturated heterocycles. The molecule has 0 aliphatic heterocycles. The van der Waals surface area contributed by atoms with E-state index in [2.05, 4.69) is 26.2 Å². The average molecular weight is 368 g/mol. The van der Waals surface area contributed by atoms with Gasteiger partial charge < -0.3 is 10.1 Å². The Morgan fingerprint density at radius 1 is 1.29 bits per heavy atom. The van der Waals surface area contributed by atoms with Gasteiger partial charge in [-0.2, -0.15) is 0 Å². The number of rotatable bonds is 6. The van der Waals surface area contributed by atoms with Crippen molar-refractivity contribution in [2.24, 2.45) is 0 Å². The highest BCUT2D eigenvalue weighted by Crippen LogP contribution is 2.22. The number of hydrogen-bond acceptors (Lipinski definition) is 3. The monoisotopic (exact) mass is 366 g/mol. The Hall–Kier alpha value is -1.10. The number of halogens is 2. The number of nitrogens with one attached hydrogen (secondary N) is 1. The van der Waals surface area contributed by atoms with Crippen LogP contribution in [-0.2, 0) is 13.2 Å². The molecule has 1 aromatic carbocycles. The number of pyridine rings is 1. The fraction of sp³-hybridized carbons (Fsp3) is 0.312. The number of hydrogen-bond donors (Lipinski definition) is 1. The first-order valence-corrected chi connectivity index (χ1v) is 8.14. The molecule has 110 valence electrons. The highest BCUT2D eigenvalue weighted by Gasteiger charge is 2.20. The van der Waals surface area contributed by atoms with Crippen molar-refractivity contribution < 1.29 is 4.74 Å². The third-order valence-electron chi connectivity index (χ3n) is 3.30. The van der Waals surface area contributed by atoms with Crippen molar-refractivity contribution in [2.45, 2.75) is 32.0 Å². The molecule has 1 saturated carbocycles. The minimum Gasteiger partial charge on any atom is -0.473 e. The predicted molar refractivity (Wildman–Crippen MR) is 87.6 cm³/mol. The van der Waals surface area contributed by atoms with Crippen LogP contribution in [-0.4, -0.2) is 11.0 Å². The van der Waals surface area contributed by atoms with E-state index in [1.54, 1.807) is 6.07 Å². The van der Waals surface area contributed by atoms with Crippen LogP contribution in [0.3, 0.4) is 0 Å². The quantitative estimate of drug-likeness (QED) is 0.825. The minimum absolute atomic E-state index is 0.490. The number of ether oxygens (including phenoxy) is 1. The maximum atomic E-state index is 6.17. The van der Waals surface area contributed by atoms with Crippen LogP contribution < -0.4 is 10.1 Å². The van der Waals surface area contributed by atoms with E-state index in [1.807, 2.05) is 30.3 Å². The molecule has 1 aliphatic rings. The number of benzene rings is 1. The van der Waals surface area contributed by atoms with Gasteiger partial charge in [0.2, 0.25) is 5.88 Å². The van der Waals surface area contributed by atoms with Gasteiger partial charge in [-0.15, -0.1) is 0 Å². The third kappa shape index (κ3) is 4.43. The van der Waals surface area contributed by atoms with Crippen molar-refractivity contribution in [2.75, 3.05) is 0 Å². The van der Waals surface area contributed by atoms with Gasteiger partial charge in [0.25, 0.3) is 0 Å². The normalized spacial score (nSPS) is 14.2. The lowest BCUT2D eigenvalue weighted by molar-refractivity contribution is 0.292. The van der Waals surface area contributed by atoms with Gasteiger partial charge in [0.15, 0.2) is 0 Å². The van der Waals surface area contributed by atoms with E-state index in [4.69, 9.17) is 16.3 Å². The number of nitrogens with zero attached hydrogens (tertiary/aromatic N) is 1. The molecule has 0 atom stereocenters. The lowest BCUT2D eigenvalue weighted by atomic mass is 10.2. The standard InChI is InChI=1S/C16H16BrClN2O/c17-12-3-1-2-11(8-12)10-21-16-7-6-14(18)15(20-16)9-19-13-4-5-13/h1-3,6-8,13,19H,4-5,9-10H2. The zero-order valence-electron chi connectivity index (χ0n) is 11.5. The van der Waals surface area contributed by atoms with Crippen molar-refractivity contribution in [3.05, 3.63) is 57.2 Å². The molecule has 0 unspecified atom stereocenters. The van der Waals surface area contributed by atoms with E-state index < -0.39 is 0 Å². The van der Waals surface area contributed by atoms with Crippen LogP contribution in [0.2, 0.25) is 5.02 Å². The second kappa shape index (κ2) is 6.77. The van der Waals surface area contributed by atoms with Gasteiger partial charge in [-0.05, 0) is 36.6 Å². The van der Waals surface area contributed by atoms with Crippen molar-refractivity contribution in [1.82, 2.24) is 10.3 Å². The summed E-state index contributed by atoms with van der Waals surface area (Å²) in [5.74, 6) is 0.604. The predicted octanol–water partition coefficient (Wildman–Crippen LogP) is 4.33. The fourth-order valence-electron chi connectivity index (χ4n) is 1.98. The molecule has 1 aliphatic carbocycles. The van der Waals surface area contributed by atoms with E-state index in [9.17, 15) is 0 Å². The molecule has 1 fully saturated rings. The summed E-state index contributed by atoms with van der Waals surface area (Å²) in [4.78, 5) is 4.48. The van der Waals surface area contributed by atoms with E-state index >= 15 is 0 Å². The fourth-order valence-corrected chi connectivity index (χ4v) is 2.60. The maximum Gasteiger partial charge on any atom is 0.213 e. The van der Waals surface area contributed by atoms with Crippen LogP contribution in [0.25, 0.3) is 0 Å². The van der Waals surface area contributed by atoms with Crippen LogP contribution in [0.4, 0.5) is 0 Å². The van der Waals surface area contributed by atoms with E-state index in [0.717, 1.165) is 15.7 Å². The summed E-state index contributed by atoms with van der Waals surface area (Å²) in [6.45, 7) is 1.18. The Labute approximate surface area is 137 Å². The van der Waals surface area contributed by atoms with Gasteiger partial charge in [0, 0.05) is 23.1 Å². The van der Waals surface area contributed by atoms with Crippen LogP contribution in [0.5, 0.6) is 5.88 Å². The lowest BCUT2D eigenvalue weighted by Gasteiger charge is -2.09. The van der Waals surface area contributed by atoms with Crippen LogP contribution in [0, 0.1) is 0 Å². The molecule has 3 nitrogen and oxygen atoms in total. The van der Waals surface area contributed by atoms with Crippen molar-refractivity contribution >= 4 is 27.5 Å². The molecule has 5 heteroatoms. The Morgan fingerprint density at radius 2 is 2.14 bits per heavy atom. The van der Waals surface area contributed by atoms with Gasteiger partial charge in [0.05, 0.1) is 10.7 Å². The first kappa shape index (κ1) is 14.8. The highest BCUT2D eigenvalue weighted by molar-refractivity contribution is 9.10. The molecule has 2 aromatic rings. The van der Waals surface area contributed by atoms with Gasteiger partial charge in [-0.3, -0.25) is 0 Å². The van der Waals surface area contributed by atoms with E-state index in [1.165, 1.54) is 12.8 Å². The lowest BCUT2D eigenvalue weighted by Crippen LogP contribution is -2.16. The molecule has 0 bridgehead atoms. The third-order valence-corrected chi connectivity index (χ3v) is 4.14. The maximum absolute atomic E-state index is 6.17. The molecule has 0 spiro atoms. The summed E-state index contributed by atoms with van der Waals surface area (Å²) in [6.07, 6.45) is 2.49. The summed E-state index contributed by atoms with van der Waals surface area (Å²) >= 11 is 9.63. The van der Waals surface area contributed by atoms with Crippen molar-refractivity contribution in [3.63, 3.8) is 0 Å². The minimum atomic E-state index is 0.490. The van der Waals surface area contributed by atoms with Crippen molar-refractivity contribution in [1.29, 1.82) is 0 Å². The summed E-state index contributed by atoms with van der Waals surface area (Å²) in [5.41, 5.74) is 1.94. The topological polar surface area (TPSA) is 34.1 Å². The zero-order chi connectivity index (χ0) is 14.7. The van der Waals surface area contributed by atoms with Crippen LogP contribution in [0.15, 0.2) is 40.9 Å². The first-order valence-electron chi connectivity index (χ1n) is 6.97. The molecule has 1 N–H and O–H groups in total. The molecule has 21 heavy (non-hydrogen) atoms. The second-order valence-electron chi connectivity index (χ2n) is 5.15. The van der Waals surface area contributed by atoms with Gasteiger partial charge >= 0.3 is 0 Å². The second-order valence-corrected chi connectivity index (χ2v) is 6.47. The molecule has 1 aromatic heterocycles. The van der Waals surface area contributed by atoms with Crippen LogP contribution in [0.1, 0.15) is 24.1 Å². The van der Waals surface area contributed by atoms with E-state index in [-0.39, 0.29) is 0 Å². The van der Waals surface area contributed by atoms with Crippen molar-refractivity contribution in [3.8, 4) is 5.88 Å². The summed E-state index contributed by atoms with van der Waals surface area (Å²) < 4.78 is 6.79. The Kier molecular flexibility index (Phi) is 4.78. The van der Waals surface area contributed by atoms with Gasteiger partial charge in [0.1, 0.15) is 6.61 Å². The molecule has 3 rings (SSSR count). The summed E-state index contributed by atoms with van der Waals surface area (Å²) in [6, 6.07) is 12.3. The van der Waals surface area contributed by atoms with Gasteiger partial charge in [-0.1, -0.05) is 39.7 Å². The van der Waals surface area contributed by atoms with Gasteiger partial charge in [-0.25, -0.2) is 4.98 Å². The largest absolute Gasteiger partial charge is 0.473 e. The smallest absolute Gasteiger partial charge is 0.213 e. The summed E-state index contributed by atoms with van der Waals surface area (Å²) in [7, 11) is 0. The first-order chi connectivity index (χ1) is 10.2. The average Bonchev–Trinajstić information content (AvgIpc) is 3.29. The number of aromatic nitrogens is 1. The molecular formula is C16H16BrClN2O.